The molecule has 0 unspecified atom stereocenters. The van der Waals surface area contributed by atoms with E-state index in [9.17, 15) is 4.79 Å². The molecule has 0 radical (unpaired) electrons. The van der Waals surface area contributed by atoms with E-state index in [-0.39, 0.29) is 16.3 Å². The molecule has 2 rings (SSSR count). The number of hydrogen-bond acceptors (Lipinski definition) is 2. The molecule has 4 heteroatoms. The third-order valence-electron chi connectivity index (χ3n) is 2.44. The Morgan fingerprint density at radius 3 is 2.44 bits per heavy atom. The SMILES string of the molecule is Cc1ccc(Oc2c(Cl)cccc2C(=O)O)cc1. The molecule has 92 valence electrons. The molecule has 2 aromatic carbocycles. The number of para-hydroxylation sites is 1. The van der Waals surface area contributed by atoms with E-state index in [1.165, 1.54) is 6.07 Å². The molecule has 0 spiro atoms. The number of rotatable bonds is 3. The van der Waals surface area contributed by atoms with Gasteiger partial charge in [0.15, 0.2) is 5.75 Å². The Labute approximate surface area is 110 Å². The first kappa shape index (κ1) is 12.5. The fraction of sp³-hybridized carbons (Fsp3) is 0.0714. The van der Waals surface area contributed by atoms with Gasteiger partial charge in [0.1, 0.15) is 11.3 Å². The van der Waals surface area contributed by atoms with Crippen molar-refractivity contribution in [3.05, 3.63) is 58.6 Å². The van der Waals surface area contributed by atoms with Crippen LogP contribution in [0.1, 0.15) is 15.9 Å². The second kappa shape index (κ2) is 5.10. The zero-order valence-electron chi connectivity index (χ0n) is 9.68. The molecule has 0 aliphatic rings. The maximum Gasteiger partial charge on any atom is 0.339 e. The first-order valence-electron chi connectivity index (χ1n) is 5.34. The summed E-state index contributed by atoms with van der Waals surface area (Å²) in [7, 11) is 0. The Morgan fingerprint density at radius 2 is 1.83 bits per heavy atom. The summed E-state index contributed by atoms with van der Waals surface area (Å²) in [5.74, 6) is -0.355. The van der Waals surface area contributed by atoms with Crippen LogP contribution in [-0.2, 0) is 0 Å². The Balaban J connectivity index is 2.39. The molecule has 0 aromatic heterocycles. The van der Waals surface area contributed by atoms with Crippen LogP contribution in [0.15, 0.2) is 42.5 Å². The molecule has 0 amide bonds. The Hall–Kier alpha value is -2.00. The lowest BCUT2D eigenvalue weighted by atomic mass is 10.2. The Kier molecular flexibility index (Phi) is 3.53. The number of carboxylic acid groups (broad SMARTS) is 1. The molecule has 0 bridgehead atoms. The number of halogens is 1. The Morgan fingerprint density at radius 1 is 1.17 bits per heavy atom. The number of benzene rings is 2. The van der Waals surface area contributed by atoms with Gasteiger partial charge in [-0.3, -0.25) is 0 Å². The van der Waals surface area contributed by atoms with E-state index >= 15 is 0 Å². The predicted molar refractivity (Wildman–Crippen MR) is 69.7 cm³/mol. The van der Waals surface area contributed by atoms with Gasteiger partial charge in [-0.15, -0.1) is 0 Å². The van der Waals surface area contributed by atoms with Crippen molar-refractivity contribution < 1.29 is 14.6 Å². The van der Waals surface area contributed by atoms with E-state index in [0.717, 1.165) is 5.56 Å². The molecule has 18 heavy (non-hydrogen) atoms. The zero-order valence-corrected chi connectivity index (χ0v) is 10.4. The molecule has 0 saturated heterocycles. The van der Waals surface area contributed by atoms with Crippen LogP contribution in [0.5, 0.6) is 11.5 Å². The minimum absolute atomic E-state index is 0.0445. The molecule has 3 nitrogen and oxygen atoms in total. The zero-order chi connectivity index (χ0) is 13.1. The summed E-state index contributed by atoms with van der Waals surface area (Å²) < 4.78 is 5.54. The largest absolute Gasteiger partial charge is 0.478 e. The number of hydrogen-bond donors (Lipinski definition) is 1. The van der Waals surface area contributed by atoms with Crippen LogP contribution < -0.4 is 4.74 Å². The van der Waals surface area contributed by atoms with Crippen molar-refractivity contribution in [2.45, 2.75) is 6.92 Å². The number of carboxylic acids is 1. The maximum absolute atomic E-state index is 11.1. The second-order valence-corrected chi connectivity index (χ2v) is 4.24. The van der Waals surface area contributed by atoms with Gasteiger partial charge in [0.05, 0.1) is 5.02 Å². The fourth-order valence-electron chi connectivity index (χ4n) is 1.51. The van der Waals surface area contributed by atoms with E-state index in [0.29, 0.717) is 5.75 Å². The molecular weight excluding hydrogens is 252 g/mol. The average molecular weight is 263 g/mol. The molecule has 0 atom stereocenters. The van der Waals surface area contributed by atoms with Gasteiger partial charge in [-0.2, -0.15) is 0 Å². The monoisotopic (exact) mass is 262 g/mol. The third kappa shape index (κ3) is 2.63. The van der Waals surface area contributed by atoms with Crippen LogP contribution in [0, 0.1) is 6.92 Å². The average Bonchev–Trinajstić information content (AvgIpc) is 2.34. The van der Waals surface area contributed by atoms with Gasteiger partial charge in [0.2, 0.25) is 0 Å². The molecule has 0 aliphatic heterocycles. The van der Waals surface area contributed by atoms with Crippen molar-refractivity contribution >= 4 is 17.6 Å². The maximum atomic E-state index is 11.1. The van der Waals surface area contributed by atoms with E-state index < -0.39 is 5.97 Å². The standard InChI is InChI=1S/C14H11ClO3/c1-9-5-7-10(8-6-9)18-13-11(14(16)17)3-2-4-12(13)15/h2-8H,1H3,(H,16,17). The van der Waals surface area contributed by atoms with Gasteiger partial charge in [0, 0.05) is 0 Å². The van der Waals surface area contributed by atoms with Crippen molar-refractivity contribution in [2.75, 3.05) is 0 Å². The van der Waals surface area contributed by atoms with Crippen LogP contribution in [0.3, 0.4) is 0 Å². The molecule has 0 saturated carbocycles. The molecule has 1 N–H and O–H groups in total. The smallest absolute Gasteiger partial charge is 0.339 e. The molecule has 0 aliphatic carbocycles. The summed E-state index contributed by atoms with van der Waals surface area (Å²) in [6.45, 7) is 1.96. The predicted octanol–water partition coefficient (Wildman–Crippen LogP) is 4.14. The first-order valence-corrected chi connectivity index (χ1v) is 5.72. The molecule has 0 fully saturated rings. The minimum atomic E-state index is -1.07. The van der Waals surface area contributed by atoms with Gasteiger partial charge in [-0.05, 0) is 31.2 Å². The fourth-order valence-corrected chi connectivity index (χ4v) is 1.72. The summed E-state index contributed by atoms with van der Waals surface area (Å²) in [5.41, 5.74) is 1.14. The van der Waals surface area contributed by atoms with Crippen LogP contribution in [0.4, 0.5) is 0 Å². The first-order chi connectivity index (χ1) is 8.58. The lowest BCUT2D eigenvalue weighted by molar-refractivity contribution is 0.0694. The second-order valence-electron chi connectivity index (χ2n) is 3.84. The number of carbonyl (C=O) groups is 1. The van der Waals surface area contributed by atoms with E-state index in [1.807, 2.05) is 19.1 Å². The highest BCUT2D eigenvalue weighted by atomic mass is 35.5. The van der Waals surface area contributed by atoms with Gasteiger partial charge in [-0.1, -0.05) is 35.4 Å². The highest BCUT2D eigenvalue weighted by Crippen LogP contribution is 2.32. The number of ether oxygens (including phenoxy) is 1. The van der Waals surface area contributed by atoms with Crippen LogP contribution in [0.25, 0.3) is 0 Å². The third-order valence-corrected chi connectivity index (χ3v) is 2.74. The molecular formula is C14H11ClO3. The van der Waals surface area contributed by atoms with Gasteiger partial charge in [-0.25, -0.2) is 4.79 Å². The highest BCUT2D eigenvalue weighted by Gasteiger charge is 2.15. The van der Waals surface area contributed by atoms with Gasteiger partial charge in [0.25, 0.3) is 0 Å². The topological polar surface area (TPSA) is 46.5 Å². The van der Waals surface area contributed by atoms with Crippen LogP contribution in [0.2, 0.25) is 5.02 Å². The normalized spacial score (nSPS) is 10.1. The summed E-state index contributed by atoms with van der Waals surface area (Å²) in [6.07, 6.45) is 0. The van der Waals surface area contributed by atoms with Crippen molar-refractivity contribution in [2.24, 2.45) is 0 Å². The summed E-state index contributed by atoms with van der Waals surface area (Å²) in [4.78, 5) is 11.1. The number of aryl methyl sites for hydroxylation is 1. The van der Waals surface area contributed by atoms with E-state index in [2.05, 4.69) is 0 Å². The van der Waals surface area contributed by atoms with Gasteiger partial charge >= 0.3 is 5.97 Å². The molecule has 2 aromatic rings. The summed E-state index contributed by atoms with van der Waals surface area (Å²) in [5, 5.41) is 9.35. The molecule has 0 heterocycles. The lowest BCUT2D eigenvalue weighted by Gasteiger charge is -2.10. The Bertz CT molecular complexity index is 576. The minimum Gasteiger partial charge on any atom is -0.478 e. The van der Waals surface area contributed by atoms with Crippen molar-refractivity contribution in [3.63, 3.8) is 0 Å². The van der Waals surface area contributed by atoms with Crippen LogP contribution >= 0.6 is 11.6 Å². The van der Waals surface area contributed by atoms with Crippen molar-refractivity contribution in [3.8, 4) is 11.5 Å². The quantitative estimate of drug-likeness (QED) is 0.904. The van der Waals surface area contributed by atoms with Crippen LogP contribution in [-0.4, -0.2) is 11.1 Å². The highest BCUT2D eigenvalue weighted by molar-refractivity contribution is 6.32. The van der Waals surface area contributed by atoms with Crippen molar-refractivity contribution in [1.29, 1.82) is 0 Å². The number of aromatic carboxylic acids is 1. The van der Waals surface area contributed by atoms with Crippen molar-refractivity contribution in [1.82, 2.24) is 0 Å². The summed E-state index contributed by atoms with van der Waals surface area (Å²) >= 11 is 5.97. The van der Waals surface area contributed by atoms with E-state index in [1.54, 1.807) is 24.3 Å². The lowest BCUT2D eigenvalue weighted by Crippen LogP contribution is -2.00. The van der Waals surface area contributed by atoms with Gasteiger partial charge < -0.3 is 9.84 Å². The van der Waals surface area contributed by atoms with E-state index in [4.69, 9.17) is 21.4 Å². The summed E-state index contributed by atoms with van der Waals surface area (Å²) in [6, 6.07) is 11.9.